The molecule has 0 amide bonds. The van der Waals surface area contributed by atoms with E-state index in [2.05, 4.69) is 68.7 Å². The summed E-state index contributed by atoms with van der Waals surface area (Å²) in [5.41, 5.74) is 3.30. The fraction of sp³-hybridized carbons (Fsp3) is 0.625. The molecule has 0 saturated heterocycles. The van der Waals surface area contributed by atoms with Crippen LogP contribution in [-0.4, -0.2) is 62.2 Å². The molecule has 0 aromatic carbocycles. The average Bonchev–Trinajstić information content (AvgIpc) is 3.72. The molecule has 2 aromatic rings. The molecule has 0 aliphatic rings. The summed E-state index contributed by atoms with van der Waals surface area (Å²) >= 11 is 26.4. The number of ether oxygens (including phenoxy) is 3. The highest BCUT2D eigenvalue weighted by Crippen LogP contribution is 2.26. The summed E-state index contributed by atoms with van der Waals surface area (Å²) in [7, 11) is 0. The Morgan fingerprint density at radius 2 is 1.36 bits per heavy atom. The van der Waals surface area contributed by atoms with E-state index >= 15 is 0 Å². The molecule has 316 valence electrons. The second kappa shape index (κ2) is 29.8. The molecule has 1 N–H and O–H groups in total. The predicted molar refractivity (Wildman–Crippen MR) is 238 cm³/mol. The van der Waals surface area contributed by atoms with Crippen molar-refractivity contribution >= 4 is 107 Å². The Bertz CT molecular complexity index is 1550. The molecular formula is C40H57Br2Cl3N2O7S2. The van der Waals surface area contributed by atoms with Crippen molar-refractivity contribution in [3.05, 3.63) is 64.9 Å². The number of alkyl halides is 3. The van der Waals surface area contributed by atoms with Crippen LogP contribution in [0.15, 0.2) is 43.5 Å². The van der Waals surface area contributed by atoms with Gasteiger partial charge < -0.3 is 19.3 Å². The number of rotatable bonds is 24. The zero-order valence-corrected chi connectivity index (χ0v) is 40.3. The first kappa shape index (κ1) is 52.7. The van der Waals surface area contributed by atoms with Gasteiger partial charge in [0.15, 0.2) is 0 Å². The van der Waals surface area contributed by atoms with E-state index in [0.717, 1.165) is 68.9 Å². The number of aryl methyl sites for hydroxylation is 2. The number of aromatic nitrogens is 2. The molecule has 2 rings (SSSR count). The van der Waals surface area contributed by atoms with Gasteiger partial charge in [-0.15, -0.1) is 22.7 Å². The van der Waals surface area contributed by atoms with Gasteiger partial charge in [0.1, 0.15) is 12.7 Å². The monoisotopic (exact) mass is 1000 g/mol. The van der Waals surface area contributed by atoms with Crippen LogP contribution in [0.3, 0.4) is 0 Å². The highest BCUT2D eigenvalue weighted by atomic mass is 79.9. The van der Waals surface area contributed by atoms with E-state index in [1.54, 1.807) is 17.4 Å². The van der Waals surface area contributed by atoms with E-state index in [9.17, 15) is 19.5 Å². The summed E-state index contributed by atoms with van der Waals surface area (Å²) in [5, 5.41) is 15.7. The summed E-state index contributed by atoms with van der Waals surface area (Å²) < 4.78 is 15.8. The molecule has 56 heavy (non-hydrogen) atoms. The molecule has 0 saturated carbocycles. The van der Waals surface area contributed by atoms with Gasteiger partial charge in [-0.05, 0) is 106 Å². The van der Waals surface area contributed by atoms with E-state index in [0.29, 0.717) is 51.0 Å². The van der Waals surface area contributed by atoms with Crippen LogP contribution in [0, 0.1) is 5.92 Å². The molecule has 0 spiro atoms. The Morgan fingerprint density at radius 1 is 0.821 bits per heavy atom. The predicted octanol–water partition coefficient (Wildman–Crippen LogP) is 11.9. The molecule has 0 fully saturated rings. The van der Waals surface area contributed by atoms with Gasteiger partial charge in [0.05, 0.1) is 34.1 Å². The van der Waals surface area contributed by atoms with Crippen LogP contribution in [0.25, 0.3) is 0 Å². The summed E-state index contributed by atoms with van der Waals surface area (Å²) in [5.74, 6) is -0.0845. The van der Waals surface area contributed by atoms with Crippen molar-refractivity contribution in [1.29, 1.82) is 0 Å². The fourth-order valence-electron chi connectivity index (χ4n) is 5.19. The van der Waals surface area contributed by atoms with Crippen LogP contribution in [-0.2, 0) is 54.3 Å². The minimum atomic E-state index is -1.57. The van der Waals surface area contributed by atoms with Crippen molar-refractivity contribution in [2.75, 3.05) is 13.2 Å². The highest BCUT2D eigenvalue weighted by molar-refractivity contribution is 9.12. The Hall–Kier alpha value is -1.32. The van der Waals surface area contributed by atoms with Crippen LogP contribution < -0.4 is 0 Å². The average molecular weight is 1010 g/mol. The normalized spacial score (nSPS) is 13.6. The zero-order chi connectivity index (χ0) is 42.1. The van der Waals surface area contributed by atoms with Crippen LogP contribution in [0.4, 0.5) is 0 Å². The number of hydrogen-bond donors (Lipinski definition) is 1. The quantitative estimate of drug-likeness (QED) is 0.0360. The molecule has 2 heterocycles. The van der Waals surface area contributed by atoms with Crippen molar-refractivity contribution in [3.63, 3.8) is 0 Å². The largest absolute Gasteiger partial charge is 0.466 e. The van der Waals surface area contributed by atoms with Gasteiger partial charge in [-0.25, -0.2) is 9.97 Å². The molecule has 16 heteroatoms. The fourth-order valence-corrected chi connectivity index (χ4v) is 7.71. The lowest BCUT2D eigenvalue weighted by Gasteiger charge is -2.13. The minimum Gasteiger partial charge on any atom is -0.466 e. The third-order valence-electron chi connectivity index (χ3n) is 7.48. The van der Waals surface area contributed by atoms with Gasteiger partial charge in [0.2, 0.25) is 3.79 Å². The summed E-state index contributed by atoms with van der Waals surface area (Å²) in [6, 6.07) is 0. The number of carbonyl (C=O) groups is 3. The van der Waals surface area contributed by atoms with Crippen molar-refractivity contribution in [2.45, 2.75) is 141 Å². The van der Waals surface area contributed by atoms with E-state index in [-0.39, 0.29) is 37.0 Å². The number of aliphatic hydroxyl groups is 1. The van der Waals surface area contributed by atoms with Crippen molar-refractivity contribution in [1.82, 2.24) is 9.97 Å². The molecule has 0 radical (unpaired) electrons. The molecule has 9 nitrogen and oxygen atoms in total. The summed E-state index contributed by atoms with van der Waals surface area (Å²) in [6.07, 6.45) is 13.6. The number of nitrogens with zero attached hydrogens (tertiary/aromatic N) is 2. The topological polar surface area (TPSA) is 125 Å². The smallest absolute Gasteiger partial charge is 0.306 e. The lowest BCUT2D eigenvalue weighted by molar-refractivity contribution is -0.147. The first-order chi connectivity index (χ1) is 26.3. The highest BCUT2D eigenvalue weighted by Gasteiger charge is 2.22. The number of allylic oxidation sites excluding steroid dienone is 4. The molecule has 2 atom stereocenters. The number of hydrogen-bond acceptors (Lipinski definition) is 11. The van der Waals surface area contributed by atoms with Crippen LogP contribution >= 0.6 is 89.3 Å². The summed E-state index contributed by atoms with van der Waals surface area (Å²) in [6.45, 7) is 12.3. The van der Waals surface area contributed by atoms with Gasteiger partial charge in [0.25, 0.3) is 0 Å². The van der Waals surface area contributed by atoms with Crippen molar-refractivity contribution in [2.24, 2.45) is 5.92 Å². The van der Waals surface area contributed by atoms with Crippen molar-refractivity contribution in [3.8, 4) is 0 Å². The Morgan fingerprint density at radius 3 is 1.86 bits per heavy atom. The van der Waals surface area contributed by atoms with Crippen LogP contribution in [0.1, 0.15) is 121 Å². The van der Waals surface area contributed by atoms with E-state index in [4.69, 9.17) is 49.0 Å². The molecule has 0 aliphatic carbocycles. The third-order valence-corrected chi connectivity index (χ3v) is 10.2. The van der Waals surface area contributed by atoms with E-state index < -0.39 is 9.90 Å². The molecule has 0 unspecified atom stereocenters. The Kier molecular flexibility index (Phi) is 28.1. The lowest BCUT2D eigenvalue weighted by atomic mass is 10.0. The maximum atomic E-state index is 12.4. The molecule has 0 bridgehead atoms. The maximum Gasteiger partial charge on any atom is 0.306 e. The lowest BCUT2D eigenvalue weighted by Crippen LogP contribution is -2.18. The van der Waals surface area contributed by atoms with Gasteiger partial charge in [0, 0.05) is 42.9 Å². The SMILES string of the molecule is C/C(Br)=C\[C@H](O)Cc1nc(CCCCC(=O)OCC(Cl)(Cl)Cl)cs1.CCOC(=O)CCCCc1csc(C[C@@H](/C=C(\C)Br)OC(=O)CC/C=C(\C)CC(C)C)n1. The second-order valence-electron chi connectivity index (χ2n) is 13.7. The zero-order valence-electron chi connectivity index (χ0n) is 33.2. The number of aliphatic hydroxyl groups excluding tert-OH is 1. The number of thiazole rings is 2. The Labute approximate surface area is 373 Å². The van der Waals surface area contributed by atoms with Crippen LogP contribution in [0.2, 0.25) is 0 Å². The summed E-state index contributed by atoms with van der Waals surface area (Å²) in [4.78, 5) is 44.4. The second-order valence-corrected chi connectivity index (χ2v) is 20.6. The maximum absolute atomic E-state index is 12.4. The first-order valence-corrected chi connectivity index (χ1v) is 23.3. The van der Waals surface area contributed by atoms with Gasteiger partial charge in [-0.3, -0.25) is 14.4 Å². The van der Waals surface area contributed by atoms with E-state index in [1.807, 2.05) is 37.6 Å². The molecule has 2 aromatic heterocycles. The van der Waals surface area contributed by atoms with Gasteiger partial charge >= 0.3 is 17.9 Å². The van der Waals surface area contributed by atoms with Gasteiger partial charge in [-0.2, -0.15) is 0 Å². The molecule has 0 aliphatic heterocycles. The number of halogens is 5. The number of unbranched alkanes of at least 4 members (excludes halogenated alkanes) is 2. The third kappa shape index (κ3) is 29.0. The molecular weight excluding hydrogens is 951 g/mol. The number of carbonyl (C=O) groups excluding carboxylic acids is 3. The van der Waals surface area contributed by atoms with E-state index in [1.165, 1.54) is 16.9 Å². The van der Waals surface area contributed by atoms with Crippen LogP contribution in [0.5, 0.6) is 0 Å². The Balaban J connectivity index is 0.000000583. The minimum absolute atomic E-state index is 0.140. The van der Waals surface area contributed by atoms with Gasteiger partial charge in [-0.1, -0.05) is 92.2 Å². The number of esters is 3. The van der Waals surface area contributed by atoms with Crippen molar-refractivity contribution < 1.29 is 33.7 Å². The standard InChI is InChI=1S/C25H38BrNO4S.C15H19BrCl3NO3S/c1-6-30-24(28)12-8-7-11-21-17-32-23(27-21)16-22(15-20(5)26)31-25(29)13-9-10-19(4)14-18(2)3;1-10(16)6-12(21)7-13-20-11(8-24-13)4-2-3-5-14(22)23-9-15(17,18)19/h10,15,17-18,22H,6-9,11-14,16H2,1-5H3;6,8,12,21H,2-5,7,9H2,1H3/b19-10+,20-15+;10-6+/t22-;12-/m10/s1. The first-order valence-electron chi connectivity index (χ1n) is 18.8.